The van der Waals surface area contributed by atoms with E-state index < -0.39 is 11.3 Å². The highest BCUT2D eigenvalue weighted by molar-refractivity contribution is 6.10. The van der Waals surface area contributed by atoms with Gasteiger partial charge >= 0.3 is 0 Å². The van der Waals surface area contributed by atoms with Crippen LogP contribution in [0.4, 0.5) is 0 Å². The molecular weight excluding hydrogens is 422 g/mol. The van der Waals surface area contributed by atoms with Gasteiger partial charge in [-0.15, -0.1) is 0 Å². The average molecular weight is 445 g/mol. The number of amides is 3. The molecule has 0 bridgehead atoms. The summed E-state index contributed by atoms with van der Waals surface area (Å²) in [6.07, 6.45) is 1.73. The lowest BCUT2D eigenvalue weighted by atomic mass is 9.82. The summed E-state index contributed by atoms with van der Waals surface area (Å²) in [5.74, 6) is -0.0418. The van der Waals surface area contributed by atoms with E-state index in [-0.39, 0.29) is 30.8 Å². The SMILES string of the molecule is COc1ccc2c(c1)C(=O)N(C[C@@]1(c3cc4cc5c(cc4o3)[C@@H](N)CC5)CC(=O)NC1=O)C2. The standard InChI is InChI=1S/C25H23N3O5/c1-32-16-4-2-14-11-28(23(30)18(14)8-16)12-25(10-22(29)27-24(25)31)21-7-15-6-13-3-5-19(26)17(13)9-20(15)33-21/h2,4,6-9,19H,3,5,10-12,26H2,1H3,(H,27,29,31)/t19-,25+/m0/s1. The first-order chi connectivity index (χ1) is 15.9. The Morgan fingerprint density at radius 1 is 1.18 bits per heavy atom. The second-order valence-corrected chi connectivity index (χ2v) is 9.17. The van der Waals surface area contributed by atoms with E-state index in [1.165, 1.54) is 5.56 Å². The van der Waals surface area contributed by atoms with Gasteiger partial charge in [-0.05, 0) is 59.9 Å². The Kier molecular flexibility index (Phi) is 4.19. The van der Waals surface area contributed by atoms with Crippen LogP contribution in [0.25, 0.3) is 11.0 Å². The molecule has 33 heavy (non-hydrogen) atoms. The predicted octanol–water partition coefficient (Wildman–Crippen LogP) is 2.33. The largest absolute Gasteiger partial charge is 0.497 e. The van der Waals surface area contributed by atoms with E-state index in [2.05, 4.69) is 11.4 Å². The molecule has 1 fully saturated rings. The highest BCUT2D eigenvalue weighted by Gasteiger charge is 2.53. The molecule has 0 spiro atoms. The quantitative estimate of drug-likeness (QED) is 0.596. The Bertz CT molecular complexity index is 1360. The van der Waals surface area contributed by atoms with Crippen LogP contribution in [0.1, 0.15) is 51.7 Å². The van der Waals surface area contributed by atoms with Gasteiger partial charge in [0, 0.05) is 30.1 Å². The fourth-order valence-corrected chi connectivity index (χ4v) is 5.38. The van der Waals surface area contributed by atoms with Gasteiger partial charge < -0.3 is 19.8 Å². The number of rotatable bonds is 4. The highest BCUT2D eigenvalue weighted by atomic mass is 16.5. The average Bonchev–Trinajstić information content (AvgIpc) is 3.53. The van der Waals surface area contributed by atoms with Gasteiger partial charge in [0.05, 0.1) is 13.5 Å². The number of ether oxygens (including phenoxy) is 1. The molecular formula is C25H23N3O5. The van der Waals surface area contributed by atoms with Gasteiger partial charge in [0.2, 0.25) is 11.8 Å². The molecule has 0 saturated carbocycles. The van der Waals surface area contributed by atoms with E-state index in [4.69, 9.17) is 14.9 Å². The summed E-state index contributed by atoms with van der Waals surface area (Å²) >= 11 is 0. The molecule has 0 unspecified atom stereocenters. The molecule has 3 aliphatic rings. The monoisotopic (exact) mass is 445 g/mol. The molecule has 0 radical (unpaired) electrons. The van der Waals surface area contributed by atoms with E-state index in [9.17, 15) is 14.4 Å². The van der Waals surface area contributed by atoms with Gasteiger partial charge in [0.15, 0.2) is 0 Å². The molecule has 1 aromatic heterocycles. The summed E-state index contributed by atoms with van der Waals surface area (Å²) < 4.78 is 11.4. The fraction of sp³-hybridized carbons (Fsp3) is 0.320. The van der Waals surface area contributed by atoms with E-state index >= 15 is 0 Å². The van der Waals surface area contributed by atoms with Gasteiger partial charge in [0.25, 0.3) is 5.91 Å². The number of nitrogens with zero attached hydrogens (tertiary/aromatic N) is 1. The lowest BCUT2D eigenvalue weighted by Gasteiger charge is -2.28. The van der Waals surface area contributed by atoms with E-state index in [0.717, 1.165) is 29.4 Å². The number of benzene rings is 2. The predicted molar refractivity (Wildman–Crippen MR) is 119 cm³/mol. The van der Waals surface area contributed by atoms with Crippen molar-refractivity contribution in [3.05, 3.63) is 64.4 Å². The van der Waals surface area contributed by atoms with Crippen molar-refractivity contribution in [2.45, 2.75) is 37.3 Å². The van der Waals surface area contributed by atoms with Crippen molar-refractivity contribution in [3.8, 4) is 5.75 Å². The van der Waals surface area contributed by atoms with Crippen molar-refractivity contribution < 1.29 is 23.5 Å². The Labute approximate surface area is 189 Å². The lowest BCUT2D eigenvalue weighted by Crippen LogP contribution is -2.46. The number of carbonyl (C=O) groups excluding carboxylic acids is 3. The minimum absolute atomic E-state index is 0.0269. The Balaban J connectivity index is 1.40. The maximum absolute atomic E-state index is 13.2. The van der Waals surface area contributed by atoms with Crippen molar-refractivity contribution in [2.75, 3.05) is 13.7 Å². The second kappa shape index (κ2) is 6.92. The van der Waals surface area contributed by atoms with Crippen molar-refractivity contribution in [1.29, 1.82) is 0 Å². The molecule has 2 aromatic carbocycles. The Morgan fingerprint density at radius 2 is 2.03 bits per heavy atom. The number of furan rings is 1. The van der Waals surface area contributed by atoms with Crippen LogP contribution in [-0.4, -0.2) is 36.3 Å². The summed E-state index contributed by atoms with van der Waals surface area (Å²) in [7, 11) is 1.55. The van der Waals surface area contributed by atoms with Crippen LogP contribution >= 0.6 is 0 Å². The smallest absolute Gasteiger partial charge is 0.254 e. The lowest BCUT2D eigenvalue weighted by molar-refractivity contribution is -0.126. The van der Waals surface area contributed by atoms with Crippen molar-refractivity contribution in [1.82, 2.24) is 10.2 Å². The minimum Gasteiger partial charge on any atom is -0.497 e. The molecule has 2 atom stereocenters. The van der Waals surface area contributed by atoms with Crippen LogP contribution in [-0.2, 0) is 28.0 Å². The summed E-state index contributed by atoms with van der Waals surface area (Å²) in [6.45, 7) is 0.393. The van der Waals surface area contributed by atoms with E-state index in [1.54, 1.807) is 24.1 Å². The third-order valence-corrected chi connectivity index (χ3v) is 7.18. The third-order valence-electron chi connectivity index (χ3n) is 7.18. The summed E-state index contributed by atoms with van der Waals surface area (Å²) in [4.78, 5) is 40.2. The Hall–Kier alpha value is -3.65. The molecule has 3 amide bonds. The van der Waals surface area contributed by atoms with E-state index in [0.29, 0.717) is 29.2 Å². The minimum atomic E-state index is -1.29. The van der Waals surface area contributed by atoms with Crippen LogP contribution in [0.3, 0.4) is 0 Å². The van der Waals surface area contributed by atoms with Gasteiger partial charge in [-0.3, -0.25) is 19.7 Å². The number of imide groups is 1. The summed E-state index contributed by atoms with van der Waals surface area (Å²) in [5, 5.41) is 3.28. The zero-order valence-corrected chi connectivity index (χ0v) is 18.1. The van der Waals surface area contributed by atoms with Gasteiger partial charge in [-0.1, -0.05) is 6.07 Å². The number of carbonyl (C=O) groups is 3. The van der Waals surface area contributed by atoms with Crippen molar-refractivity contribution in [3.63, 3.8) is 0 Å². The first-order valence-electron chi connectivity index (χ1n) is 11.0. The maximum atomic E-state index is 13.2. The molecule has 3 N–H and O–H groups in total. The number of nitrogens with one attached hydrogen (secondary N) is 1. The number of aryl methyl sites for hydroxylation is 1. The third kappa shape index (κ3) is 2.90. The number of fused-ring (bicyclic) bond motifs is 3. The molecule has 6 rings (SSSR count). The van der Waals surface area contributed by atoms with Gasteiger partial charge in [0.1, 0.15) is 22.5 Å². The number of hydrogen-bond donors (Lipinski definition) is 2. The molecule has 3 aromatic rings. The van der Waals surface area contributed by atoms with Crippen LogP contribution in [0.15, 0.2) is 40.8 Å². The Morgan fingerprint density at radius 3 is 2.79 bits per heavy atom. The zero-order valence-electron chi connectivity index (χ0n) is 18.1. The van der Waals surface area contributed by atoms with Crippen molar-refractivity contribution >= 4 is 28.7 Å². The maximum Gasteiger partial charge on any atom is 0.254 e. The number of hydrogen-bond acceptors (Lipinski definition) is 6. The first kappa shape index (κ1) is 20.0. The van der Waals surface area contributed by atoms with Gasteiger partial charge in [-0.25, -0.2) is 0 Å². The van der Waals surface area contributed by atoms with Crippen molar-refractivity contribution in [2.24, 2.45) is 5.73 Å². The summed E-state index contributed by atoms with van der Waals surface area (Å²) in [5.41, 5.74) is 9.21. The van der Waals surface area contributed by atoms with Gasteiger partial charge in [-0.2, -0.15) is 0 Å². The zero-order chi connectivity index (χ0) is 22.9. The molecule has 168 valence electrons. The first-order valence-corrected chi connectivity index (χ1v) is 11.0. The molecule has 3 heterocycles. The van der Waals surface area contributed by atoms with Crippen LogP contribution < -0.4 is 15.8 Å². The van der Waals surface area contributed by atoms with Crippen LogP contribution in [0, 0.1) is 0 Å². The van der Waals surface area contributed by atoms with Crippen LogP contribution in [0.2, 0.25) is 0 Å². The number of methoxy groups -OCH3 is 1. The number of nitrogens with two attached hydrogens (primary N) is 1. The molecule has 8 heteroatoms. The molecule has 1 aliphatic carbocycles. The fourth-order valence-electron chi connectivity index (χ4n) is 5.38. The molecule has 8 nitrogen and oxygen atoms in total. The normalized spacial score (nSPS) is 23.9. The van der Waals surface area contributed by atoms with E-state index in [1.807, 2.05) is 18.2 Å². The summed E-state index contributed by atoms with van der Waals surface area (Å²) in [6, 6.07) is 11.2. The topological polar surface area (TPSA) is 115 Å². The molecule has 1 saturated heterocycles. The molecule has 2 aliphatic heterocycles. The van der Waals surface area contributed by atoms with Crippen LogP contribution in [0.5, 0.6) is 5.75 Å². The highest BCUT2D eigenvalue weighted by Crippen LogP contribution is 2.41. The second-order valence-electron chi connectivity index (χ2n) is 9.17.